The molecule has 2 N–H and O–H groups in total. The molecule has 2 aromatic heterocycles. The zero-order valence-corrected chi connectivity index (χ0v) is 14.6. The fourth-order valence-corrected chi connectivity index (χ4v) is 4.32. The second-order valence-electron chi connectivity index (χ2n) is 4.68. The van der Waals surface area contributed by atoms with Crippen molar-refractivity contribution in [1.29, 1.82) is 0 Å². The first-order valence-corrected chi connectivity index (χ1v) is 9.39. The maximum atomic E-state index is 12.5. The summed E-state index contributed by atoms with van der Waals surface area (Å²) >= 11 is 6.58. The Hall–Kier alpha value is -2.56. The third-order valence-electron chi connectivity index (χ3n) is 3.02. The summed E-state index contributed by atoms with van der Waals surface area (Å²) in [6.45, 7) is 0. The van der Waals surface area contributed by atoms with Crippen LogP contribution in [0.25, 0.3) is 5.76 Å². The van der Waals surface area contributed by atoms with Gasteiger partial charge < -0.3 is 5.11 Å². The van der Waals surface area contributed by atoms with Crippen molar-refractivity contribution in [2.24, 2.45) is 0 Å². The van der Waals surface area contributed by atoms with Gasteiger partial charge in [-0.15, -0.1) is 11.3 Å². The number of hydrogen-bond acceptors (Lipinski definition) is 8. The van der Waals surface area contributed by atoms with Crippen molar-refractivity contribution < 1.29 is 18.3 Å². The zero-order valence-electron chi connectivity index (χ0n) is 12.2. The van der Waals surface area contributed by atoms with Gasteiger partial charge in [-0.3, -0.25) is 9.89 Å². The summed E-state index contributed by atoms with van der Waals surface area (Å²) in [5.74, 6) is -1.16. The number of aliphatic hydroxyl groups is 1. The number of allylic oxidation sites excluding steroid dienone is 1. The first-order valence-electron chi connectivity index (χ1n) is 6.65. The molecule has 0 saturated heterocycles. The quantitative estimate of drug-likeness (QED) is 0.385. The zero-order chi connectivity index (χ0) is 18.0. The number of sulfone groups is 1. The van der Waals surface area contributed by atoms with Crippen molar-refractivity contribution in [1.82, 2.24) is 20.2 Å². The summed E-state index contributed by atoms with van der Waals surface area (Å²) in [4.78, 5) is 19.4. The third kappa shape index (κ3) is 3.60. The summed E-state index contributed by atoms with van der Waals surface area (Å²) in [6.07, 6.45) is 2.03. The van der Waals surface area contributed by atoms with E-state index in [1.807, 2.05) is 0 Å². The second-order valence-corrected chi connectivity index (χ2v) is 8.10. The molecule has 0 fully saturated rings. The Balaban J connectivity index is 1.89. The third-order valence-corrected chi connectivity index (χ3v) is 6.29. The molecule has 3 aromatic rings. The molecule has 0 atom stereocenters. The minimum atomic E-state index is -3.84. The molecule has 0 spiro atoms. The molecule has 0 unspecified atom stereocenters. The lowest BCUT2D eigenvalue weighted by molar-refractivity contribution is 0.103. The summed E-state index contributed by atoms with van der Waals surface area (Å²) in [5, 5.41) is 17.6. The number of hydrogen-bond donors (Lipinski definition) is 2. The van der Waals surface area contributed by atoms with E-state index in [0.717, 1.165) is 23.7 Å². The Morgan fingerprint density at radius 1 is 1.28 bits per heavy atom. The van der Waals surface area contributed by atoms with E-state index >= 15 is 0 Å². The molecule has 0 saturated carbocycles. The number of aromatic nitrogens is 4. The topological polar surface area (TPSA) is 126 Å². The van der Waals surface area contributed by atoms with Gasteiger partial charge in [-0.1, -0.05) is 11.6 Å². The largest absolute Gasteiger partial charge is 0.506 e. The van der Waals surface area contributed by atoms with E-state index in [-0.39, 0.29) is 20.8 Å². The number of nitrogens with zero attached hydrogens (tertiary/aromatic N) is 3. The maximum Gasteiger partial charge on any atom is 0.233 e. The fraction of sp³-hybridized carbons (Fsp3) is 0. The molecule has 3 rings (SSSR count). The molecular weight excluding hydrogens is 388 g/mol. The summed E-state index contributed by atoms with van der Waals surface area (Å²) in [7, 11) is -3.84. The van der Waals surface area contributed by atoms with Gasteiger partial charge in [0.25, 0.3) is 0 Å². The normalized spacial score (nSPS) is 12.3. The molecule has 2 heterocycles. The van der Waals surface area contributed by atoms with E-state index in [4.69, 9.17) is 11.6 Å². The summed E-state index contributed by atoms with van der Waals surface area (Å²) in [6, 6.07) is 5.64. The lowest BCUT2D eigenvalue weighted by Gasteiger charge is -2.00. The number of aliphatic hydroxyl groups excluding tert-OH is 1. The number of carbonyl (C=O) groups excluding carboxylic acids is 1. The SMILES string of the molecule is O=C(C=C(O)c1csc(S(=O)(=O)c2ccc(Cl)cc2)n1)c1ncn[nH]1. The van der Waals surface area contributed by atoms with Gasteiger partial charge >= 0.3 is 0 Å². The second kappa shape index (κ2) is 6.75. The van der Waals surface area contributed by atoms with Gasteiger partial charge in [0, 0.05) is 16.5 Å². The molecule has 25 heavy (non-hydrogen) atoms. The molecule has 0 aliphatic carbocycles. The molecule has 8 nitrogen and oxygen atoms in total. The molecule has 0 bridgehead atoms. The number of benzene rings is 1. The number of carbonyl (C=O) groups is 1. The molecular formula is C14H9ClN4O4S2. The van der Waals surface area contributed by atoms with E-state index in [1.165, 1.54) is 29.6 Å². The maximum absolute atomic E-state index is 12.5. The lowest BCUT2D eigenvalue weighted by Crippen LogP contribution is -2.02. The van der Waals surface area contributed by atoms with Crippen molar-refractivity contribution >= 4 is 44.3 Å². The Labute approximate surface area is 150 Å². The number of rotatable bonds is 5. The van der Waals surface area contributed by atoms with Crippen molar-refractivity contribution in [2.45, 2.75) is 9.24 Å². The van der Waals surface area contributed by atoms with Gasteiger partial charge in [0.05, 0.1) is 4.90 Å². The molecule has 0 aliphatic heterocycles. The molecule has 0 radical (unpaired) electrons. The number of thiazole rings is 1. The highest BCUT2D eigenvalue weighted by molar-refractivity contribution is 7.93. The molecule has 0 amide bonds. The standard InChI is InChI=1S/C14H9ClN4O4S2/c15-8-1-3-9(4-2-8)25(22,23)14-18-10(6-24-14)11(20)5-12(21)13-16-7-17-19-13/h1-7,20H,(H,16,17,19). The van der Waals surface area contributed by atoms with Crippen LogP contribution >= 0.6 is 22.9 Å². The average molecular weight is 397 g/mol. The summed E-state index contributed by atoms with van der Waals surface area (Å²) < 4.78 is 24.8. The van der Waals surface area contributed by atoms with Gasteiger partial charge in [-0.05, 0) is 24.3 Å². The predicted molar refractivity (Wildman–Crippen MR) is 90.3 cm³/mol. The van der Waals surface area contributed by atoms with E-state index < -0.39 is 21.4 Å². The Morgan fingerprint density at radius 3 is 2.64 bits per heavy atom. The van der Waals surface area contributed by atoms with Gasteiger partial charge in [-0.2, -0.15) is 5.10 Å². The van der Waals surface area contributed by atoms with Crippen LogP contribution in [0.2, 0.25) is 5.02 Å². The van der Waals surface area contributed by atoms with Crippen LogP contribution in [0.5, 0.6) is 0 Å². The number of halogens is 1. The molecule has 11 heteroatoms. The van der Waals surface area contributed by atoms with E-state index in [0.29, 0.717) is 5.02 Å². The van der Waals surface area contributed by atoms with Crippen molar-refractivity contribution in [3.05, 3.63) is 58.6 Å². The van der Waals surface area contributed by atoms with Crippen LogP contribution in [-0.4, -0.2) is 39.5 Å². The van der Waals surface area contributed by atoms with Crippen LogP contribution in [0.15, 0.2) is 51.3 Å². The van der Waals surface area contributed by atoms with Crippen molar-refractivity contribution in [3.63, 3.8) is 0 Å². The molecule has 128 valence electrons. The highest BCUT2D eigenvalue weighted by Crippen LogP contribution is 2.27. The van der Waals surface area contributed by atoms with Crippen LogP contribution in [0.4, 0.5) is 0 Å². The van der Waals surface area contributed by atoms with E-state index in [9.17, 15) is 18.3 Å². The number of H-pyrrole nitrogens is 1. The lowest BCUT2D eigenvalue weighted by atomic mass is 10.3. The number of nitrogens with one attached hydrogen (secondary N) is 1. The number of ketones is 1. The minimum absolute atomic E-state index is 0.0269. The molecule has 0 aliphatic rings. The Kier molecular flexibility index (Phi) is 4.66. The van der Waals surface area contributed by atoms with E-state index in [1.54, 1.807) is 0 Å². The predicted octanol–water partition coefficient (Wildman–Crippen LogP) is 2.53. The van der Waals surface area contributed by atoms with Crippen molar-refractivity contribution in [2.75, 3.05) is 0 Å². The van der Waals surface area contributed by atoms with Gasteiger partial charge in [0.15, 0.2) is 5.82 Å². The van der Waals surface area contributed by atoms with Crippen molar-refractivity contribution in [3.8, 4) is 0 Å². The average Bonchev–Trinajstić information content (AvgIpc) is 3.27. The minimum Gasteiger partial charge on any atom is -0.506 e. The van der Waals surface area contributed by atoms with Gasteiger partial charge in [0.1, 0.15) is 17.8 Å². The van der Waals surface area contributed by atoms with Crippen LogP contribution in [0.1, 0.15) is 16.3 Å². The first kappa shape index (κ1) is 17.3. The fourth-order valence-electron chi connectivity index (χ4n) is 1.80. The summed E-state index contributed by atoms with van der Waals surface area (Å²) in [5.41, 5.74) is -0.0367. The monoisotopic (exact) mass is 396 g/mol. The van der Waals surface area contributed by atoms with Gasteiger partial charge in [-0.25, -0.2) is 18.4 Å². The molecule has 1 aromatic carbocycles. The van der Waals surface area contributed by atoms with Crippen LogP contribution in [0, 0.1) is 0 Å². The highest BCUT2D eigenvalue weighted by Gasteiger charge is 2.23. The van der Waals surface area contributed by atoms with Crippen LogP contribution in [0.3, 0.4) is 0 Å². The van der Waals surface area contributed by atoms with E-state index in [2.05, 4.69) is 20.2 Å². The van der Waals surface area contributed by atoms with Gasteiger partial charge in [0.2, 0.25) is 20.0 Å². The smallest absolute Gasteiger partial charge is 0.233 e. The van der Waals surface area contributed by atoms with Crippen LogP contribution in [-0.2, 0) is 9.84 Å². The van der Waals surface area contributed by atoms with Crippen LogP contribution < -0.4 is 0 Å². The Morgan fingerprint density at radius 2 is 2.00 bits per heavy atom. The Bertz CT molecular complexity index is 1040. The highest BCUT2D eigenvalue weighted by atomic mass is 35.5. The number of aromatic amines is 1. The first-order chi connectivity index (χ1) is 11.9.